The third kappa shape index (κ3) is 6.34. The summed E-state index contributed by atoms with van der Waals surface area (Å²) >= 11 is 0. The second-order valence-corrected chi connectivity index (χ2v) is 10.1. The quantitative estimate of drug-likeness (QED) is 0.540. The molecular formula is C26H29NO4S. The molecule has 0 saturated heterocycles. The Morgan fingerprint density at radius 2 is 1.69 bits per heavy atom. The molecule has 3 rings (SSSR count). The van der Waals surface area contributed by atoms with Gasteiger partial charge < -0.3 is 0 Å². The average Bonchev–Trinajstić information content (AvgIpc) is 2.73. The molecule has 1 atom stereocenters. The second-order valence-electron chi connectivity index (χ2n) is 8.38. The summed E-state index contributed by atoms with van der Waals surface area (Å²) in [4.78, 5) is 24.9. The van der Waals surface area contributed by atoms with Crippen LogP contribution < -0.4 is 4.72 Å². The van der Waals surface area contributed by atoms with E-state index in [0.29, 0.717) is 18.4 Å². The number of hydrogen-bond acceptors (Lipinski definition) is 4. The van der Waals surface area contributed by atoms with Crippen molar-refractivity contribution in [2.45, 2.75) is 51.8 Å². The minimum Gasteiger partial charge on any atom is -0.294 e. The van der Waals surface area contributed by atoms with Crippen molar-refractivity contribution in [1.29, 1.82) is 0 Å². The zero-order valence-corrected chi connectivity index (χ0v) is 19.5. The molecule has 0 heterocycles. The molecule has 32 heavy (non-hydrogen) atoms. The standard InChI is InChI=1S/C26H29NO4S/c1-18-15-19(2)24(26(29)16-18)13-14-25(28)23-11-9-22(10-12-23)20(3)27-32(30,31)17-21-7-5-4-6-8-21/h4-12,15,20,27H,13-14,16-17H2,1-3H3. The first kappa shape index (κ1) is 23.8. The summed E-state index contributed by atoms with van der Waals surface area (Å²) in [5.74, 6) is -0.0206. The topological polar surface area (TPSA) is 80.3 Å². The third-order valence-electron chi connectivity index (χ3n) is 5.61. The van der Waals surface area contributed by atoms with Crippen LogP contribution in [-0.2, 0) is 20.6 Å². The van der Waals surface area contributed by atoms with Crippen molar-refractivity contribution in [3.05, 3.63) is 94.1 Å². The largest absolute Gasteiger partial charge is 0.294 e. The second kappa shape index (κ2) is 10.2. The molecular weight excluding hydrogens is 422 g/mol. The van der Waals surface area contributed by atoms with Crippen LogP contribution in [0.25, 0.3) is 0 Å². The van der Waals surface area contributed by atoms with E-state index in [2.05, 4.69) is 4.72 Å². The molecule has 0 fully saturated rings. The van der Waals surface area contributed by atoms with Gasteiger partial charge in [-0.1, -0.05) is 66.2 Å². The van der Waals surface area contributed by atoms with Crippen molar-refractivity contribution in [3.8, 4) is 0 Å². The number of sulfonamides is 1. The van der Waals surface area contributed by atoms with Crippen LogP contribution >= 0.6 is 0 Å². The lowest BCUT2D eigenvalue weighted by atomic mass is 9.89. The number of allylic oxidation sites excluding steroid dienone is 4. The molecule has 0 spiro atoms. The maximum absolute atomic E-state index is 12.6. The highest BCUT2D eigenvalue weighted by Gasteiger charge is 2.20. The maximum atomic E-state index is 12.6. The highest BCUT2D eigenvalue weighted by atomic mass is 32.2. The van der Waals surface area contributed by atoms with E-state index in [-0.39, 0.29) is 23.7 Å². The summed E-state index contributed by atoms with van der Waals surface area (Å²) in [5.41, 5.74) is 4.79. The van der Waals surface area contributed by atoms with E-state index in [9.17, 15) is 18.0 Å². The van der Waals surface area contributed by atoms with Crippen LogP contribution in [0.1, 0.15) is 67.6 Å². The van der Waals surface area contributed by atoms with Gasteiger partial charge in [-0.05, 0) is 49.5 Å². The van der Waals surface area contributed by atoms with Gasteiger partial charge in [0.2, 0.25) is 10.0 Å². The van der Waals surface area contributed by atoms with Gasteiger partial charge in [0.1, 0.15) is 0 Å². The highest BCUT2D eigenvalue weighted by molar-refractivity contribution is 7.88. The number of Topliss-reactive ketones (excluding diaryl/α,β-unsaturated/α-hetero) is 2. The Labute approximate surface area is 190 Å². The number of ketones is 2. The predicted molar refractivity (Wildman–Crippen MR) is 127 cm³/mol. The summed E-state index contributed by atoms with van der Waals surface area (Å²) in [5, 5.41) is 0. The first-order valence-corrected chi connectivity index (χ1v) is 12.4. The van der Waals surface area contributed by atoms with Gasteiger partial charge in [0, 0.05) is 24.4 Å². The molecule has 1 aliphatic rings. The predicted octanol–water partition coefficient (Wildman–Crippen LogP) is 5.07. The van der Waals surface area contributed by atoms with Gasteiger partial charge in [0.15, 0.2) is 11.6 Å². The van der Waals surface area contributed by atoms with Gasteiger partial charge in [-0.3, -0.25) is 9.59 Å². The van der Waals surface area contributed by atoms with Crippen molar-refractivity contribution < 1.29 is 18.0 Å². The van der Waals surface area contributed by atoms with Gasteiger partial charge in [0.25, 0.3) is 0 Å². The number of benzene rings is 2. The van der Waals surface area contributed by atoms with Gasteiger partial charge >= 0.3 is 0 Å². The first-order valence-electron chi connectivity index (χ1n) is 10.7. The molecule has 2 aromatic rings. The number of carbonyl (C=O) groups is 2. The smallest absolute Gasteiger partial charge is 0.216 e. The van der Waals surface area contributed by atoms with E-state index in [1.54, 1.807) is 43.3 Å². The minimum atomic E-state index is -3.50. The Morgan fingerprint density at radius 3 is 2.31 bits per heavy atom. The maximum Gasteiger partial charge on any atom is 0.216 e. The van der Waals surface area contributed by atoms with Gasteiger partial charge in [0.05, 0.1) is 5.75 Å². The zero-order valence-electron chi connectivity index (χ0n) is 18.7. The fourth-order valence-corrected chi connectivity index (χ4v) is 5.33. The molecule has 0 amide bonds. The summed E-state index contributed by atoms with van der Waals surface area (Å²) in [7, 11) is -3.50. The molecule has 1 unspecified atom stereocenters. The van der Waals surface area contributed by atoms with Crippen LogP contribution in [-0.4, -0.2) is 20.0 Å². The average molecular weight is 452 g/mol. The number of carbonyl (C=O) groups excluding carboxylic acids is 2. The van der Waals surface area contributed by atoms with Crippen LogP contribution in [0.4, 0.5) is 0 Å². The highest BCUT2D eigenvalue weighted by Crippen LogP contribution is 2.25. The normalized spacial score (nSPS) is 15.5. The van der Waals surface area contributed by atoms with E-state index >= 15 is 0 Å². The van der Waals surface area contributed by atoms with E-state index in [1.165, 1.54) is 0 Å². The summed E-state index contributed by atoms with van der Waals surface area (Å²) in [6.07, 6.45) is 3.14. The van der Waals surface area contributed by atoms with Crippen LogP contribution in [0.15, 0.2) is 77.4 Å². The molecule has 0 aromatic heterocycles. The number of hydrogen-bond donors (Lipinski definition) is 1. The van der Waals surface area contributed by atoms with Crippen molar-refractivity contribution in [2.24, 2.45) is 0 Å². The lowest BCUT2D eigenvalue weighted by Crippen LogP contribution is -2.28. The van der Waals surface area contributed by atoms with Gasteiger partial charge in [-0.15, -0.1) is 0 Å². The van der Waals surface area contributed by atoms with Crippen LogP contribution in [0.5, 0.6) is 0 Å². The van der Waals surface area contributed by atoms with Crippen LogP contribution in [0.3, 0.4) is 0 Å². The van der Waals surface area contributed by atoms with E-state index in [0.717, 1.165) is 27.8 Å². The SMILES string of the molecule is CC1=CC(C)=C(CCC(=O)c2ccc(C(C)NS(=O)(=O)Cc3ccccc3)cc2)C(=O)C1. The molecule has 1 N–H and O–H groups in total. The minimum absolute atomic E-state index is 0.0340. The summed E-state index contributed by atoms with van der Waals surface area (Å²) < 4.78 is 27.6. The molecule has 5 nitrogen and oxygen atoms in total. The Bertz CT molecular complexity index is 1160. The summed E-state index contributed by atoms with van der Waals surface area (Å²) in [6.45, 7) is 5.63. The van der Waals surface area contributed by atoms with Crippen LogP contribution in [0, 0.1) is 0 Å². The van der Waals surface area contributed by atoms with E-state index < -0.39 is 16.1 Å². The molecule has 2 aromatic carbocycles. The Hall–Kier alpha value is -2.83. The van der Waals surface area contributed by atoms with Crippen molar-refractivity contribution in [2.75, 3.05) is 0 Å². The number of rotatable bonds is 9. The zero-order chi connectivity index (χ0) is 23.3. The summed E-state index contributed by atoms with van der Waals surface area (Å²) in [6, 6.07) is 15.6. The van der Waals surface area contributed by atoms with Crippen LogP contribution in [0.2, 0.25) is 0 Å². The van der Waals surface area contributed by atoms with E-state index in [4.69, 9.17) is 0 Å². The number of nitrogens with one attached hydrogen (secondary N) is 1. The van der Waals surface area contributed by atoms with Crippen molar-refractivity contribution in [3.63, 3.8) is 0 Å². The first-order chi connectivity index (χ1) is 15.1. The Morgan fingerprint density at radius 1 is 1.03 bits per heavy atom. The fourth-order valence-electron chi connectivity index (χ4n) is 3.94. The van der Waals surface area contributed by atoms with E-state index in [1.807, 2.05) is 38.1 Å². The molecule has 168 valence electrons. The van der Waals surface area contributed by atoms with Crippen molar-refractivity contribution >= 4 is 21.6 Å². The molecule has 0 saturated carbocycles. The molecule has 0 radical (unpaired) electrons. The monoisotopic (exact) mass is 451 g/mol. The van der Waals surface area contributed by atoms with Crippen molar-refractivity contribution in [1.82, 2.24) is 4.72 Å². The Balaban J connectivity index is 1.60. The molecule has 0 aliphatic heterocycles. The molecule has 1 aliphatic carbocycles. The van der Waals surface area contributed by atoms with Gasteiger partial charge in [-0.2, -0.15) is 0 Å². The van der Waals surface area contributed by atoms with Gasteiger partial charge in [-0.25, -0.2) is 13.1 Å². The Kier molecular flexibility index (Phi) is 7.59. The molecule has 0 bridgehead atoms. The molecule has 6 heteroatoms. The lowest BCUT2D eigenvalue weighted by Gasteiger charge is -2.16. The third-order valence-corrected chi connectivity index (χ3v) is 7.03. The lowest BCUT2D eigenvalue weighted by molar-refractivity contribution is -0.115. The fraction of sp³-hybridized carbons (Fsp3) is 0.308.